The SMILES string of the molecule is O=C(O)CCc1ccc2c(c1)CNC2=O. The van der Waals surface area contributed by atoms with E-state index in [2.05, 4.69) is 5.32 Å². The number of aliphatic carboxylic acids is 1. The first-order valence-corrected chi connectivity index (χ1v) is 4.78. The molecule has 78 valence electrons. The smallest absolute Gasteiger partial charge is 0.303 e. The first kappa shape index (κ1) is 9.71. The summed E-state index contributed by atoms with van der Waals surface area (Å²) in [6.07, 6.45) is 0.636. The fourth-order valence-corrected chi connectivity index (χ4v) is 1.69. The van der Waals surface area contributed by atoms with Gasteiger partial charge in [0.15, 0.2) is 0 Å². The summed E-state index contributed by atoms with van der Waals surface area (Å²) in [5, 5.41) is 11.3. The van der Waals surface area contributed by atoms with Crippen molar-refractivity contribution in [3.8, 4) is 0 Å². The second kappa shape index (κ2) is 3.73. The monoisotopic (exact) mass is 205 g/mol. The molecule has 1 aromatic rings. The molecule has 0 radical (unpaired) electrons. The van der Waals surface area contributed by atoms with E-state index >= 15 is 0 Å². The number of amides is 1. The van der Waals surface area contributed by atoms with Crippen molar-refractivity contribution in [1.82, 2.24) is 5.32 Å². The number of hydrogen-bond acceptors (Lipinski definition) is 2. The number of hydrogen-bond donors (Lipinski definition) is 2. The molecule has 1 amide bonds. The van der Waals surface area contributed by atoms with Gasteiger partial charge >= 0.3 is 5.97 Å². The Labute approximate surface area is 86.9 Å². The van der Waals surface area contributed by atoms with Gasteiger partial charge in [-0.3, -0.25) is 9.59 Å². The van der Waals surface area contributed by atoms with Crippen molar-refractivity contribution in [2.75, 3.05) is 0 Å². The lowest BCUT2D eigenvalue weighted by Gasteiger charge is -2.01. The highest BCUT2D eigenvalue weighted by Crippen LogP contribution is 2.17. The molecule has 0 fully saturated rings. The van der Waals surface area contributed by atoms with Crippen molar-refractivity contribution in [3.05, 3.63) is 34.9 Å². The van der Waals surface area contributed by atoms with E-state index < -0.39 is 5.97 Å². The lowest BCUT2D eigenvalue weighted by Crippen LogP contribution is -2.12. The molecule has 0 saturated carbocycles. The summed E-state index contributed by atoms with van der Waals surface area (Å²) in [7, 11) is 0. The molecule has 1 heterocycles. The maximum Gasteiger partial charge on any atom is 0.303 e. The minimum Gasteiger partial charge on any atom is -0.481 e. The highest BCUT2D eigenvalue weighted by atomic mass is 16.4. The minimum atomic E-state index is -0.801. The predicted octanol–water partition coefficient (Wildman–Crippen LogP) is 0.947. The lowest BCUT2D eigenvalue weighted by atomic mass is 10.0. The number of carboxylic acid groups (broad SMARTS) is 1. The zero-order valence-corrected chi connectivity index (χ0v) is 8.12. The Kier molecular flexibility index (Phi) is 2.41. The Morgan fingerprint density at radius 3 is 3.00 bits per heavy atom. The van der Waals surface area contributed by atoms with Crippen LogP contribution in [0.4, 0.5) is 0 Å². The third kappa shape index (κ3) is 1.98. The summed E-state index contributed by atoms with van der Waals surface area (Å²) < 4.78 is 0. The maximum atomic E-state index is 11.2. The van der Waals surface area contributed by atoms with Crippen molar-refractivity contribution in [2.24, 2.45) is 0 Å². The number of carbonyl (C=O) groups is 2. The molecule has 2 N–H and O–H groups in total. The Hall–Kier alpha value is -1.84. The molecule has 0 aliphatic carbocycles. The van der Waals surface area contributed by atoms with Gasteiger partial charge in [-0.2, -0.15) is 0 Å². The Balaban J connectivity index is 2.16. The first-order chi connectivity index (χ1) is 7.16. The first-order valence-electron chi connectivity index (χ1n) is 4.78. The van der Waals surface area contributed by atoms with E-state index in [1.807, 2.05) is 12.1 Å². The van der Waals surface area contributed by atoms with E-state index in [9.17, 15) is 9.59 Å². The number of carboxylic acids is 1. The van der Waals surface area contributed by atoms with Crippen LogP contribution in [-0.4, -0.2) is 17.0 Å². The fraction of sp³-hybridized carbons (Fsp3) is 0.273. The maximum absolute atomic E-state index is 11.2. The van der Waals surface area contributed by atoms with Crippen LogP contribution in [0, 0.1) is 0 Å². The molecule has 0 spiro atoms. The van der Waals surface area contributed by atoms with Crippen LogP contribution in [0.5, 0.6) is 0 Å². The van der Waals surface area contributed by atoms with Crippen LogP contribution in [0.3, 0.4) is 0 Å². The third-order valence-corrected chi connectivity index (χ3v) is 2.48. The number of carbonyl (C=O) groups excluding carboxylic acids is 1. The Bertz CT molecular complexity index is 426. The van der Waals surface area contributed by atoms with Gasteiger partial charge < -0.3 is 10.4 Å². The molecular weight excluding hydrogens is 194 g/mol. The highest BCUT2D eigenvalue weighted by molar-refractivity contribution is 5.98. The average Bonchev–Trinajstić information content (AvgIpc) is 2.57. The summed E-state index contributed by atoms with van der Waals surface area (Å²) in [6.45, 7) is 0.551. The second-order valence-corrected chi connectivity index (χ2v) is 3.57. The standard InChI is InChI=1S/C11H11NO3/c13-10(14)4-2-7-1-3-9-8(5-7)6-12-11(9)15/h1,3,5H,2,4,6H2,(H,12,15)(H,13,14). The Morgan fingerprint density at radius 1 is 1.47 bits per heavy atom. The molecule has 4 heteroatoms. The number of fused-ring (bicyclic) bond motifs is 1. The molecular formula is C11H11NO3. The van der Waals surface area contributed by atoms with Gasteiger partial charge in [0.05, 0.1) is 0 Å². The quantitative estimate of drug-likeness (QED) is 0.772. The zero-order valence-electron chi connectivity index (χ0n) is 8.12. The van der Waals surface area contributed by atoms with E-state index in [-0.39, 0.29) is 12.3 Å². The summed E-state index contributed by atoms with van der Waals surface area (Å²) in [5.41, 5.74) is 2.63. The molecule has 2 rings (SSSR count). The van der Waals surface area contributed by atoms with Gasteiger partial charge in [-0.1, -0.05) is 12.1 Å². The van der Waals surface area contributed by atoms with Gasteiger partial charge in [-0.05, 0) is 23.6 Å². The Morgan fingerprint density at radius 2 is 2.27 bits per heavy atom. The van der Waals surface area contributed by atoms with Crippen molar-refractivity contribution >= 4 is 11.9 Å². The molecule has 0 aromatic heterocycles. The number of aryl methyl sites for hydroxylation is 1. The molecule has 15 heavy (non-hydrogen) atoms. The van der Waals surface area contributed by atoms with Crippen LogP contribution < -0.4 is 5.32 Å². The molecule has 0 bridgehead atoms. The molecule has 1 aliphatic heterocycles. The minimum absolute atomic E-state index is 0.0465. The summed E-state index contributed by atoms with van der Waals surface area (Å²) in [6, 6.07) is 5.47. The zero-order chi connectivity index (χ0) is 10.8. The predicted molar refractivity (Wildman–Crippen MR) is 53.6 cm³/mol. The van der Waals surface area contributed by atoms with E-state index in [1.54, 1.807) is 6.07 Å². The van der Waals surface area contributed by atoms with Gasteiger partial charge in [0.2, 0.25) is 0 Å². The van der Waals surface area contributed by atoms with E-state index in [0.29, 0.717) is 18.5 Å². The van der Waals surface area contributed by atoms with Crippen molar-refractivity contribution < 1.29 is 14.7 Å². The van der Waals surface area contributed by atoms with Crippen LogP contribution in [0.1, 0.15) is 27.9 Å². The van der Waals surface area contributed by atoms with Gasteiger partial charge in [0.1, 0.15) is 0 Å². The van der Waals surface area contributed by atoms with Crippen LogP contribution >= 0.6 is 0 Å². The molecule has 1 aliphatic rings. The molecule has 1 aromatic carbocycles. The number of nitrogens with one attached hydrogen (secondary N) is 1. The summed E-state index contributed by atoms with van der Waals surface area (Å²) >= 11 is 0. The largest absolute Gasteiger partial charge is 0.481 e. The van der Waals surface area contributed by atoms with Gasteiger partial charge in [-0.25, -0.2) is 0 Å². The summed E-state index contributed by atoms with van der Waals surface area (Å²) in [4.78, 5) is 21.6. The molecule has 0 saturated heterocycles. The van der Waals surface area contributed by atoms with E-state index in [4.69, 9.17) is 5.11 Å². The highest BCUT2D eigenvalue weighted by Gasteiger charge is 2.18. The van der Waals surface area contributed by atoms with E-state index in [0.717, 1.165) is 11.1 Å². The molecule has 4 nitrogen and oxygen atoms in total. The summed E-state index contributed by atoms with van der Waals surface area (Å²) in [5.74, 6) is -0.848. The number of rotatable bonds is 3. The van der Waals surface area contributed by atoms with Crippen LogP contribution in [-0.2, 0) is 17.8 Å². The normalized spacial score (nSPS) is 13.5. The van der Waals surface area contributed by atoms with Crippen molar-refractivity contribution in [3.63, 3.8) is 0 Å². The average molecular weight is 205 g/mol. The van der Waals surface area contributed by atoms with Gasteiger partial charge in [0.25, 0.3) is 5.91 Å². The van der Waals surface area contributed by atoms with Crippen molar-refractivity contribution in [2.45, 2.75) is 19.4 Å². The van der Waals surface area contributed by atoms with Gasteiger partial charge in [-0.15, -0.1) is 0 Å². The van der Waals surface area contributed by atoms with Crippen LogP contribution in [0.15, 0.2) is 18.2 Å². The van der Waals surface area contributed by atoms with Crippen LogP contribution in [0.2, 0.25) is 0 Å². The van der Waals surface area contributed by atoms with Gasteiger partial charge in [0, 0.05) is 18.5 Å². The fourth-order valence-electron chi connectivity index (χ4n) is 1.69. The molecule has 0 unspecified atom stereocenters. The van der Waals surface area contributed by atoms with Crippen molar-refractivity contribution in [1.29, 1.82) is 0 Å². The topological polar surface area (TPSA) is 66.4 Å². The second-order valence-electron chi connectivity index (χ2n) is 3.57. The van der Waals surface area contributed by atoms with Crippen LogP contribution in [0.25, 0.3) is 0 Å². The molecule has 0 atom stereocenters. The number of benzene rings is 1. The van der Waals surface area contributed by atoms with E-state index in [1.165, 1.54) is 0 Å². The third-order valence-electron chi connectivity index (χ3n) is 2.48. The lowest BCUT2D eigenvalue weighted by molar-refractivity contribution is -0.136.